The summed E-state index contributed by atoms with van der Waals surface area (Å²) in [4.78, 5) is 4.56. The Bertz CT molecular complexity index is 547. The van der Waals surface area contributed by atoms with Gasteiger partial charge in [0.1, 0.15) is 0 Å². The highest BCUT2D eigenvalue weighted by Crippen LogP contribution is 2.31. The third-order valence-corrected chi connectivity index (χ3v) is 3.17. The standard InChI is InChI=1S/C13H13Cl2N/c1-7(2)12-6-10(14)9-4-8(3)5-11(15)13(9)16-12/h4-7H,1-3H3. The Hall–Kier alpha value is -0.790. The van der Waals surface area contributed by atoms with Crippen LogP contribution in [0.25, 0.3) is 10.9 Å². The van der Waals surface area contributed by atoms with E-state index < -0.39 is 0 Å². The number of rotatable bonds is 1. The van der Waals surface area contributed by atoms with Crippen LogP contribution in [-0.2, 0) is 0 Å². The molecule has 2 aromatic rings. The minimum absolute atomic E-state index is 0.347. The molecule has 16 heavy (non-hydrogen) atoms. The van der Waals surface area contributed by atoms with Crippen molar-refractivity contribution in [3.8, 4) is 0 Å². The Labute approximate surface area is 105 Å². The predicted molar refractivity (Wildman–Crippen MR) is 70.6 cm³/mol. The van der Waals surface area contributed by atoms with Crippen molar-refractivity contribution in [1.29, 1.82) is 0 Å². The quantitative estimate of drug-likeness (QED) is 0.699. The first kappa shape index (κ1) is 11.7. The van der Waals surface area contributed by atoms with Crippen LogP contribution < -0.4 is 0 Å². The van der Waals surface area contributed by atoms with Gasteiger partial charge in [0.2, 0.25) is 0 Å². The molecule has 0 aliphatic carbocycles. The van der Waals surface area contributed by atoms with E-state index in [4.69, 9.17) is 23.2 Å². The maximum atomic E-state index is 6.25. The summed E-state index contributed by atoms with van der Waals surface area (Å²) in [6, 6.07) is 5.85. The normalized spacial score (nSPS) is 11.4. The van der Waals surface area contributed by atoms with Gasteiger partial charge in [0.15, 0.2) is 0 Å². The van der Waals surface area contributed by atoms with Crippen LogP contribution in [0.4, 0.5) is 0 Å². The fourth-order valence-corrected chi connectivity index (χ4v) is 2.27. The van der Waals surface area contributed by atoms with Crippen LogP contribution in [-0.4, -0.2) is 4.98 Å². The van der Waals surface area contributed by atoms with Crippen LogP contribution in [0.2, 0.25) is 10.0 Å². The van der Waals surface area contributed by atoms with Gasteiger partial charge in [-0.2, -0.15) is 0 Å². The minimum Gasteiger partial charge on any atom is -0.251 e. The van der Waals surface area contributed by atoms with Crippen LogP contribution in [0.1, 0.15) is 31.0 Å². The molecule has 0 unspecified atom stereocenters. The van der Waals surface area contributed by atoms with E-state index in [0.717, 1.165) is 27.2 Å². The second-order valence-electron chi connectivity index (χ2n) is 4.33. The van der Waals surface area contributed by atoms with Gasteiger partial charge < -0.3 is 0 Å². The maximum absolute atomic E-state index is 6.25. The van der Waals surface area contributed by atoms with Crippen molar-refractivity contribution in [3.05, 3.63) is 39.5 Å². The summed E-state index contributed by atoms with van der Waals surface area (Å²) < 4.78 is 0. The van der Waals surface area contributed by atoms with E-state index in [1.54, 1.807) is 0 Å². The third kappa shape index (κ3) is 2.02. The molecule has 0 radical (unpaired) electrons. The van der Waals surface area contributed by atoms with Crippen molar-refractivity contribution in [1.82, 2.24) is 4.98 Å². The number of benzene rings is 1. The number of aryl methyl sites for hydroxylation is 1. The Balaban J connectivity index is 2.82. The monoisotopic (exact) mass is 253 g/mol. The lowest BCUT2D eigenvalue weighted by atomic mass is 10.1. The smallest absolute Gasteiger partial charge is 0.0906 e. The summed E-state index contributed by atoms with van der Waals surface area (Å²) >= 11 is 12.4. The maximum Gasteiger partial charge on any atom is 0.0906 e. The average molecular weight is 254 g/mol. The third-order valence-electron chi connectivity index (χ3n) is 2.57. The van der Waals surface area contributed by atoms with Gasteiger partial charge in [0.25, 0.3) is 0 Å². The van der Waals surface area contributed by atoms with Crippen molar-refractivity contribution < 1.29 is 0 Å². The molecule has 1 aromatic carbocycles. The first-order valence-electron chi connectivity index (χ1n) is 5.25. The molecule has 0 amide bonds. The molecule has 1 aromatic heterocycles. The van der Waals surface area contributed by atoms with Crippen molar-refractivity contribution in [2.75, 3.05) is 0 Å². The van der Waals surface area contributed by atoms with Gasteiger partial charge in [0.05, 0.1) is 15.6 Å². The van der Waals surface area contributed by atoms with E-state index >= 15 is 0 Å². The van der Waals surface area contributed by atoms with E-state index in [0.29, 0.717) is 10.9 Å². The lowest BCUT2D eigenvalue weighted by Gasteiger charge is -2.09. The Morgan fingerprint density at radius 2 is 1.75 bits per heavy atom. The van der Waals surface area contributed by atoms with Gasteiger partial charge in [-0.25, -0.2) is 0 Å². The first-order valence-corrected chi connectivity index (χ1v) is 6.01. The number of nitrogens with zero attached hydrogens (tertiary/aromatic N) is 1. The molecule has 2 rings (SSSR count). The van der Waals surface area contributed by atoms with Crippen molar-refractivity contribution >= 4 is 34.1 Å². The van der Waals surface area contributed by atoms with Gasteiger partial charge in [0, 0.05) is 11.1 Å². The van der Waals surface area contributed by atoms with E-state index in [1.807, 2.05) is 25.1 Å². The highest BCUT2D eigenvalue weighted by molar-refractivity contribution is 6.39. The molecule has 1 heterocycles. The van der Waals surface area contributed by atoms with E-state index in [-0.39, 0.29) is 0 Å². The highest BCUT2D eigenvalue weighted by Gasteiger charge is 2.10. The van der Waals surface area contributed by atoms with Crippen LogP contribution in [0.5, 0.6) is 0 Å². The van der Waals surface area contributed by atoms with Crippen LogP contribution >= 0.6 is 23.2 Å². The van der Waals surface area contributed by atoms with Crippen molar-refractivity contribution in [3.63, 3.8) is 0 Å². The molecule has 84 valence electrons. The zero-order valence-corrected chi connectivity index (χ0v) is 11.0. The molecular weight excluding hydrogens is 241 g/mol. The lowest BCUT2D eigenvalue weighted by molar-refractivity contribution is 0.830. The predicted octanol–water partition coefficient (Wildman–Crippen LogP) is 4.97. The van der Waals surface area contributed by atoms with Gasteiger partial charge in [-0.1, -0.05) is 37.0 Å². The number of pyridine rings is 1. The molecule has 0 aliphatic rings. The second-order valence-corrected chi connectivity index (χ2v) is 5.14. The molecule has 0 bridgehead atoms. The summed E-state index contributed by atoms with van der Waals surface area (Å²) in [7, 11) is 0. The topological polar surface area (TPSA) is 12.9 Å². The fourth-order valence-electron chi connectivity index (χ4n) is 1.70. The molecule has 0 saturated heterocycles. The van der Waals surface area contributed by atoms with Gasteiger partial charge in [-0.3, -0.25) is 4.98 Å². The minimum atomic E-state index is 0.347. The molecule has 0 saturated carbocycles. The Morgan fingerprint density at radius 1 is 1.06 bits per heavy atom. The number of halogens is 2. The fraction of sp³-hybridized carbons (Fsp3) is 0.308. The van der Waals surface area contributed by atoms with E-state index in [1.165, 1.54) is 0 Å². The molecule has 0 atom stereocenters. The molecule has 3 heteroatoms. The van der Waals surface area contributed by atoms with Gasteiger partial charge >= 0.3 is 0 Å². The lowest BCUT2D eigenvalue weighted by Crippen LogP contribution is -1.94. The summed E-state index contributed by atoms with van der Waals surface area (Å²) in [5, 5.41) is 2.31. The summed E-state index contributed by atoms with van der Waals surface area (Å²) in [6.07, 6.45) is 0. The molecule has 0 spiro atoms. The SMILES string of the molecule is Cc1cc(Cl)c2nc(C(C)C)cc(Cl)c2c1. The van der Waals surface area contributed by atoms with Crippen LogP contribution in [0.15, 0.2) is 18.2 Å². The summed E-state index contributed by atoms with van der Waals surface area (Å²) in [5.41, 5.74) is 2.87. The van der Waals surface area contributed by atoms with Crippen LogP contribution in [0, 0.1) is 6.92 Å². The Morgan fingerprint density at radius 3 is 2.38 bits per heavy atom. The van der Waals surface area contributed by atoms with E-state index in [9.17, 15) is 0 Å². The average Bonchev–Trinajstić information content (AvgIpc) is 2.19. The molecule has 0 fully saturated rings. The zero-order valence-electron chi connectivity index (χ0n) is 9.51. The first-order chi connectivity index (χ1) is 7.49. The summed E-state index contributed by atoms with van der Waals surface area (Å²) in [5.74, 6) is 0.347. The largest absolute Gasteiger partial charge is 0.251 e. The molecule has 0 aliphatic heterocycles. The highest BCUT2D eigenvalue weighted by atomic mass is 35.5. The molecule has 1 nitrogen and oxygen atoms in total. The molecular formula is C13H13Cl2N. The number of fused-ring (bicyclic) bond motifs is 1. The van der Waals surface area contributed by atoms with Crippen LogP contribution in [0.3, 0.4) is 0 Å². The number of hydrogen-bond acceptors (Lipinski definition) is 1. The van der Waals surface area contributed by atoms with E-state index in [2.05, 4.69) is 18.8 Å². The second kappa shape index (κ2) is 4.23. The number of hydrogen-bond donors (Lipinski definition) is 0. The van der Waals surface area contributed by atoms with Gasteiger partial charge in [-0.15, -0.1) is 0 Å². The number of aromatic nitrogens is 1. The zero-order chi connectivity index (χ0) is 11.9. The Kier molecular flexibility index (Phi) is 3.09. The van der Waals surface area contributed by atoms with Crippen molar-refractivity contribution in [2.45, 2.75) is 26.7 Å². The molecule has 0 N–H and O–H groups in total. The summed E-state index contributed by atoms with van der Waals surface area (Å²) in [6.45, 7) is 6.18. The van der Waals surface area contributed by atoms with Crippen molar-refractivity contribution in [2.24, 2.45) is 0 Å². The van der Waals surface area contributed by atoms with Gasteiger partial charge in [-0.05, 0) is 36.6 Å².